The van der Waals surface area contributed by atoms with E-state index in [1.165, 1.54) is 11.6 Å². The molecule has 0 saturated heterocycles. The average molecular weight is 284 g/mol. The number of nitro benzene ring substituents is 1. The summed E-state index contributed by atoms with van der Waals surface area (Å²) in [7, 11) is 1.67. The number of nitrogens with zero attached hydrogens (tertiary/aromatic N) is 1. The molecule has 5 nitrogen and oxygen atoms in total. The number of hydrogen-bond acceptors (Lipinski definition) is 4. The van der Waals surface area contributed by atoms with Crippen molar-refractivity contribution in [1.29, 1.82) is 0 Å². The highest BCUT2D eigenvalue weighted by Crippen LogP contribution is 2.39. The Bertz CT molecular complexity index is 685. The Morgan fingerprint density at radius 2 is 2.05 bits per heavy atom. The van der Waals surface area contributed by atoms with Crippen LogP contribution in [0.1, 0.15) is 23.6 Å². The van der Waals surface area contributed by atoms with E-state index in [1.54, 1.807) is 25.3 Å². The first-order valence-electron chi connectivity index (χ1n) is 6.86. The number of para-hydroxylation sites is 2. The van der Waals surface area contributed by atoms with E-state index >= 15 is 0 Å². The molecule has 1 aliphatic carbocycles. The quantitative estimate of drug-likeness (QED) is 0.686. The second-order valence-electron chi connectivity index (χ2n) is 5.04. The topological polar surface area (TPSA) is 64.4 Å². The maximum atomic E-state index is 11.1. The summed E-state index contributed by atoms with van der Waals surface area (Å²) < 4.78 is 5.38. The molecule has 2 aromatic rings. The molecule has 0 bridgehead atoms. The molecule has 0 radical (unpaired) electrons. The molecule has 0 amide bonds. The van der Waals surface area contributed by atoms with Crippen LogP contribution in [0.15, 0.2) is 42.5 Å². The third-order valence-corrected chi connectivity index (χ3v) is 3.88. The van der Waals surface area contributed by atoms with Crippen molar-refractivity contribution in [2.24, 2.45) is 0 Å². The predicted molar refractivity (Wildman–Crippen MR) is 80.8 cm³/mol. The van der Waals surface area contributed by atoms with E-state index in [1.807, 2.05) is 12.1 Å². The maximum absolute atomic E-state index is 11.1. The van der Waals surface area contributed by atoms with Gasteiger partial charge in [0.25, 0.3) is 5.69 Å². The van der Waals surface area contributed by atoms with Crippen molar-refractivity contribution < 1.29 is 9.66 Å². The molecule has 1 aliphatic rings. The van der Waals surface area contributed by atoms with Crippen LogP contribution in [0.25, 0.3) is 0 Å². The van der Waals surface area contributed by atoms with E-state index in [-0.39, 0.29) is 16.7 Å². The third-order valence-electron chi connectivity index (χ3n) is 3.88. The van der Waals surface area contributed by atoms with Crippen molar-refractivity contribution in [2.75, 3.05) is 12.4 Å². The van der Waals surface area contributed by atoms with Crippen LogP contribution in [0.3, 0.4) is 0 Å². The van der Waals surface area contributed by atoms with Crippen LogP contribution in [0.2, 0.25) is 0 Å². The Morgan fingerprint density at radius 3 is 2.81 bits per heavy atom. The fourth-order valence-electron chi connectivity index (χ4n) is 2.90. The van der Waals surface area contributed by atoms with Crippen LogP contribution in [-0.2, 0) is 6.42 Å². The van der Waals surface area contributed by atoms with Gasteiger partial charge in [-0.1, -0.05) is 24.3 Å². The molecule has 0 aromatic heterocycles. The molecule has 1 N–H and O–H groups in total. The number of benzene rings is 2. The van der Waals surface area contributed by atoms with Crippen molar-refractivity contribution in [3.63, 3.8) is 0 Å². The lowest BCUT2D eigenvalue weighted by Gasteiger charge is -2.16. The van der Waals surface area contributed by atoms with Gasteiger partial charge in [0.05, 0.1) is 18.1 Å². The van der Waals surface area contributed by atoms with E-state index in [9.17, 15) is 10.1 Å². The number of rotatable bonds is 4. The molecule has 0 spiro atoms. The highest BCUT2D eigenvalue weighted by Gasteiger charge is 2.26. The van der Waals surface area contributed by atoms with Crippen molar-refractivity contribution in [3.05, 3.63) is 63.7 Å². The van der Waals surface area contributed by atoms with Gasteiger partial charge in [0.1, 0.15) is 11.4 Å². The minimum absolute atomic E-state index is 0.0798. The number of anilines is 1. The lowest BCUT2D eigenvalue weighted by atomic mass is 10.1. The minimum atomic E-state index is -0.357. The number of nitro groups is 1. The second kappa shape index (κ2) is 5.44. The average Bonchev–Trinajstić information content (AvgIpc) is 2.91. The van der Waals surface area contributed by atoms with Crippen molar-refractivity contribution in [3.8, 4) is 5.75 Å². The van der Waals surface area contributed by atoms with Crippen LogP contribution in [0.4, 0.5) is 11.4 Å². The lowest BCUT2D eigenvalue weighted by Crippen LogP contribution is -2.08. The molecule has 21 heavy (non-hydrogen) atoms. The largest absolute Gasteiger partial charge is 0.496 e. The van der Waals surface area contributed by atoms with E-state index in [4.69, 9.17) is 4.74 Å². The Kier molecular flexibility index (Phi) is 3.48. The molecular weight excluding hydrogens is 268 g/mol. The molecule has 0 fully saturated rings. The van der Waals surface area contributed by atoms with Gasteiger partial charge in [-0.05, 0) is 36.1 Å². The molecule has 108 valence electrons. The monoisotopic (exact) mass is 284 g/mol. The molecule has 1 atom stereocenters. The Morgan fingerprint density at radius 1 is 1.24 bits per heavy atom. The van der Waals surface area contributed by atoms with Gasteiger partial charge >= 0.3 is 0 Å². The highest BCUT2D eigenvalue weighted by atomic mass is 16.6. The Labute approximate surface area is 122 Å². The SMILES string of the molecule is COc1cccc2c1CCC2Nc1ccccc1[N+](=O)[O-]. The normalized spacial score (nSPS) is 16.3. The molecule has 5 heteroatoms. The molecule has 0 saturated carbocycles. The summed E-state index contributed by atoms with van der Waals surface area (Å²) in [6.07, 6.45) is 1.82. The van der Waals surface area contributed by atoms with E-state index in [0.29, 0.717) is 5.69 Å². The molecule has 3 rings (SSSR count). The zero-order valence-electron chi connectivity index (χ0n) is 11.7. The van der Waals surface area contributed by atoms with Gasteiger partial charge in [0.15, 0.2) is 0 Å². The van der Waals surface area contributed by atoms with Crippen LogP contribution in [0, 0.1) is 10.1 Å². The van der Waals surface area contributed by atoms with Gasteiger partial charge in [-0.15, -0.1) is 0 Å². The van der Waals surface area contributed by atoms with E-state index in [2.05, 4.69) is 11.4 Å². The fraction of sp³-hybridized carbons (Fsp3) is 0.250. The van der Waals surface area contributed by atoms with Crippen molar-refractivity contribution in [1.82, 2.24) is 0 Å². The first kappa shape index (κ1) is 13.4. The van der Waals surface area contributed by atoms with Crippen LogP contribution in [-0.4, -0.2) is 12.0 Å². The van der Waals surface area contributed by atoms with Crippen LogP contribution >= 0.6 is 0 Å². The van der Waals surface area contributed by atoms with Gasteiger partial charge in [-0.3, -0.25) is 10.1 Å². The number of methoxy groups -OCH3 is 1. The summed E-state index contributed by atoms with van der Waals surface area (Å²) in [6.45, 7) is 0. The Hall–Kier alpha value is -2.56. The molecule has 0 heterocycles. The zero-order valence-corrected chi connectivity index (χ0v) is 11.7. The summed E-state index contributed by atoms with van der Waals surface area (Å²) in [5.74, 6) is 0.888. The molecule has 0 aliphatic heterocycles. The lowest BCUT2D eigenvalue weighted by molar-refractivity contribution is -0.384. The van der Waals surface area contributed by atoms with Gasteiger partial charge in [0, 0.05) is 6.07 Å². The summed E-state index contributed by atoms with van der Waals surface area (Å²) in [6, 6.07) is 12.8. The number of fused-ring (bicyclic) bond motifs is 1. The minimum Gasteiger partial charge on any atom is -0.496 e. The van der Waals surface area contributed by atoms with Gasteiger partial charge in [-0.25, -0.2) is 0 Å². The van der Waals surface area contributed by atoms with Crippen molar-refractivity contribution in [2.45, 2.75) is 18.9 Å². The maximum Gasteiger partial charge on any atom is 0.292 e. The number of hydrogen-bond donors (Lipinski definition) is 1. The number of ether oxygens (including phenoxy) is 1. The summed E-state index contributed by atoms with van der Waals surface area (Å²) in [5.41, 5.74) is 3.01. The predicted octanol–water partition coefficient (Wildman–Crippen LogP) is 3.70. The first-order chi connectivity index (χ1) is 10.2. The van der Waals surface area contributed by atoms with Gasteiger partial charge in [0.2, 0.25) is 0 Å². The zero-order chi connectivity index (χ0) is 14.8. The van der Waals surface area contributed by atoms with Crippen molar-refractivity contribution >= 4 is 11.4 Å². The summed E-state index contributed by atoms with van der Waals surface area (Å²) in [5, 5.41) is 14.4. The summed E-state index contributed by atoms with van der Waals surface area (Å²) >= 11 is 0. The summed E-state index contributed by atoms with van der Waals surface area (Å²) in [4.78, 5) is 10.7. The standard InChI is InChI=1S/C16H16N2O3/c1-21-16-8-4-5-11-12(16)9-10-13(11)17-14-6-2-3-7-15(14)18(19)20/h2-8,13,17H,9-10H2,1H3. The molecule has 2 aromatic carbocycles. The Balaban J connectivity index is 1.91. The third kappa shape index (κ3) is 2.42. The molecular formula is C16H16N2O3. The van der Waals surface area contributed by atoms with E-state index < -0.39 is 0 Å². The van der Waals surface area contributed by atoms with Gasteiger partial charge < -0.3 is 10.1 Å². The van der Waals surface area contributed by atoms with Crippen LogP contribution < -0.4 is 10.1 Å². The highest BCUT2D eigenvalue weighted by molar-refractivity contribution is 5.63. The van der Waals surface area contributed by atoms with Crippen LogP contribution in [0.5, 0.6) is 5.75 Å². The first-order valence-corrected chi connectivity index (χ1v) is 6.86. The van der Waals surface area contributed by atoms with Gasteiger partial charge in [-0.2, -0.15) is 0 Å². The van der Waals surface area contributed by atoms with E-state index in [0.717, 1.165) is 24.2 Å². The smallest absolute Gasteiger partial charge is 0.292 e. The molecule has 1 unspecified atom stereocenters. The second-order valence-corrected chi connectivity index (χ2v) is 5.04. The fourth-order valence-corrected chi connectivity index (χ4v) is 2.90. The number of nitrogens with one attached hydrogen (secondary N) is 1.